The minimum Gasteiger partial charge on any atom is -0.478 e. The highest BCUT2D eigenvalue weighted by Crippen LogP contribution is 2.06. The van der Waals surface area contributed by atoms with Crippen LogP contribution in [0.1, 0.15) is 29.8 Å². The number of nitrogens with one attached hydrogen (secondary N) is 1. The van der Waals surface area contributed by atoms with Gasteiger partial charge in [0, 0.05) is 6.54 Å². The zero-order valence-electron chi connectivity index (χ0n) is 12.2. The lowest BCUT2D eigenvalue weighted by Gasteiger charge is -2.09. The number of carboxylic acids is 1. The molecule has 0 saturated heterocycles. The summed E-state index contributed by atoms with van der Waals surface area (Å²) in [5.41, 5.74) is 0.969. The van der Waals surface area contributed by atoms with Gasteiger partial charge in [0.15, 0.2) is 0 Å². The molecule has 2 N–H and O–H groups in total. The third-order valence-corrected chi connectivity index (χ3v) is 4.06. The normalized spacial score (nSPS) is 11.8. The predicted molar refractivity (Wildman–Crippen MR) is 80.0 cm³/mol. The standard InChI is InChI=1S/C14H21NO5S/c1-11(2)20-8-9-21(18,19)15-7-6-12-4-3-5-13(10-12)14(16)17/h3-5,10-11,15H,6-9H2,1-2H3,(H,16,17). The van der Waals surface area contributed by atoms with Crippen molar-refractivity contribution in [2.24, 2.45) is 0 Å². The Balaban J connectivity index is 2.42. The number of benzene rings is 1. The maximum atomic E-state index is 11.7. The summed E-state index contributed by atoms with van der Waals surface area (Å²) in [7, 11) is -3.37. The molecule has 21 heavy (non-hydrogen) atoms. The van der Waals surface area contributed by atoms with E-state index in [-0.39, 0.29) is 30.6 Å². The summed E-state index contributed by atoms with van der Waals surface area (Å²) in [5.74, 6) is -1.08. The van der Waals surface area contributed by atoms with Crippen molar-refractivity contribution in [1.82, 2.24) is 4.72 Å². The first-order chi connectivity index (χ1) is 9.80. The van der Waals surface area contributed by atoms with E-state index in [0.717, 1.165) is 5.56 Å². The molecule has 0 atom stereocenters. The molecule has 1 aromatic carbocycles. The molecule has 0 heterocycles. The fraction of sp³-hybridized carbons (Fsp3) is 0.500. The third-order valence-electron chi connectivity index (χ3n) is 2.71. The lowest BCUT2D eigenvalue weighted by atomic mass is 10.1. The minimum absolute atomic E-state index is 0.000964. The summed E-state index contributed by atoms with van der Waals surface area (Å²) in [6.45, 7) is 4.07. The van der Waals surface area contributed by atoms with Crippen LogP contribution in [0.25, 0.3) is 0 Å². The van der Waals surface area contributed by atoms with E-state index in [0.29, 0.717) is 6.42 Å². The van der Waals surface area contributed by atoms with Crippen LogP contribution in [0.5, 0.6) is 0 Å². The van der Waals surface area contributed by atoms with Crippen molar-refractivity contribution in [3.8, 4) is 0 Å². The topological polar surface area (TPSA) is 92.7 Å². The van der Waals surface area contributed by atoms with Gasteiger partial charge in [0.05, 0.1) is 24.0 Å². The average molecular weight is 315 g/mol. The van der Waals surface area contributed by atoms with Gasteiger partial charge in [-0.15, -0.1) is 0 Å². The van der Waals surface area contributed by atoms with E-state index in [4.69, 9.17) is 9.84 Å². The van der Waals surface area contributed by atoms with Crippen LogP contribution in [-0.2, 0) is 21.2 Å². The molecule has 0 aliphatic heterocycles. The number of rotatable bonds is 9. The van der Waals surface area contributed by atoms with Crippen LogP contribution in [0.2, 0.25) is 0 Å². The van der Waals surface area contributed by atoms with Gasteiger partial charge in [0.1, 0.15) is 0 Å². The maximum absolute atomic E-state index is 11.7. The molecular weight excluding hydrogens is 294 g/mol. The molecule has 0 amide bonds. The Morgan fingerprint density at radius 3 is 2.71 bits per heavy atom. The molecule has 0 fully saturated rings. The number of sulfonamides is 1. The van der Waals surface area contributed by atoms with E-state index in [2.05, 4.69) is 4.72 Å². The van der Waals surface area contributed by atoms with Crippen LogP contribution in [-0.4, -0.2) is 44.5 Å². The van der Waals surface area contributed by atoms with Crippen molar-refractivity contribution in [3.05, 3.63) is 35.4 Å². The molecule has 7 heteroatoms. The van der Waals surface area contributed by atoms with Gasteiger partial charge in [-0.25, -0.2) is 17.9 Å². The Bertz CT molecular complexity index is 568. The van der Waals surface area contributed by atoms with Gasteiger partial charge in [-0.05, 0) is 38.0 Å². The van der Waals surface area contributed by atoms with Gasteiger partial charge < -0.3 is 9.84 Å². The Morgan fingerprint density at radius 2 is 2.10 bits per heavy atom. The molecule has 0 aliphatic rings. The minimum atomic E-state index is -3.37. The molecule has 118 valence electrons. The highest BCUT2D eigenvalue weighted by molar-refractivity contribution is 7.89. The Kier molecular flexibility index (Phi) is 6.80. The fourth-order valence-corrected chi connectivity index (χ4v) is 2.55. The lowest BCUT2D eigenvalue weighted by molar-refractivity contribution is 0.0696. The molecule has 0 radical (unpaired) electrons. The molecule has 0 saturated carbocycles. The lowest BCUT2D eigenvalue weighted by Crippen LogP contribution is -2.30. The van der Waals surface area contributed by atoms with E-state index in [1.165, 1.54) is 6.07 Å². The summed E-state index contributed by atoms with van der Waals surface area (Å²) in [6.07, 6.45) is 0.435. The van der Waals surface area contributed by atoms with Crippen LogP contribution in [0.3, 0.4) is 0 Å². The van der Waals surface area contributed by atoms with E-state index in [1.54, 1.807) is 18.2 Å². The number of hydrogen-bond acceptors (Lipinski definition) is 4. The van der Waals surface area contributed by atoms with Crippen LogP contribution >= 0.6 is 0 Å². The average Bonchev–Trinajstić information content (AvgIpc) is 2.38. The predicted octanol–water partition coefficient (Wildman–Crippen LogP) is 1.27. The summed E-state index contributed by atoms with van der Waals surface area (Å²) in [5, 5.41) is 8.88. The number of hydrogen-bond donors (Lipinski definition) is 2. The van der Waals surface area contributed by atoms with Crippen molar-refractivity contribution in [3.63, 3.8) is 0 Å². The van der Waals surface area contributed by atoms with Crippen molar-refractivity contribution in [2.75, 3.05) is 18.9 Å². The molecule has 1 aromatic rings. The molecule has 0 aromatic heterocycles. The monoisotopic (exact) mass is 315 g/mol. The molecular formula is C14H21NO5S. The second-order valence-corrected chi connectivity index (χ2v) is 6.81. The Hall–Kier alpha value is -1.44. The molecule has 1 rings (SSSR count). The molecule has 6 nitrogen and oxygen atoms in total. The van der Waals surface area contributed by atoms with Gasteiger partial charge >= 0.3 is 5.97 Å². The zero-order valence-corrected chi connectivity index (χ0v) is 13.0. The van der Waals surface area contributed by atoms with Crippen LogP contribution in [0.4, 0.5) is 0 Å². The van der Waals surface area contributed by atoms with Gasteiger partial charge in [-0.3, -0.25) is 0 Å². The number of carbonyl (C=O) groups is 1. The van der Waals surface area contributed by atoms with Crippen molar-refractivity contribution >= 4 is 16.0 Å². The van der Waals surface area contributed by atoms with Crippen molar-refractivity contribution in [1.29, 1.82) is 0 Å². The zero-order chi connectivity index (χ0) is 15.9. The van der Waals surface area contributed by atoms with Crippen molar-refractivity contribution in [2.45, 2.75) is 26.4 Å². The smallest absolute Gasteiger partial charge is 0.335 e. The van der Waals surface area contributed by atoms with Crippen molar-refractivity contribution < 1.29 is 23.1 Å². The van der Waals surface area contributed by atoms with Gasteiger partial charge in [0.25, 0.3) is 0 Å². The quantitative estimate of drug-likeness (QED) is 0.716. The largest absolute Gasteiger partial charge is 0.478 e. The van der Waals surface area contributed by atoms with E-state index in [1.807, 2.05) is 13.8 Å². The highest BCUT2D eigenvalue weighted by Gasteiger charge is 2.10. The van der Waals surface area contributed by atoms with Gasteiger partial charge in [-0.1, -0.05) is 12.1 Å². The first kappa shape index (κ1) is 17.6. The fourth-order valence-electron chi connectivity index (χ4n) is 1.68. The Morgan fingerprint density at radius 1 is 1.38 bits per heavy atom. The van der Waals surface area contributed by atoms with E-state index >= 15 is 0 Å². The van der Waals surface area contributed by atoms with Gasteiger partial charge in [-0.2, -0.15) is 0 Å². The molecule has 0 spiro atoms. The second-order valence-electron chi connectivity index (χ2n) is 4.89. The second kappa shape index (κ2) is 8.11. The number of aromatic carboxylic acids is 1. The maximum Gasteiger partial charge on any atom is 0.335 e. The number of ether oxygens (including phenoxy) is 1. The van der Waals surface area contributed by atoms with E-state index in [9.17, 15) is 13.2 Å². The van der Waals surface area contributed by atoms with Crippen LogP contribution < -0.4 is 4.72 Å². The first-order valence-electron chi connectivity index (χ1n) is 6.71. The van der Waals surface area contributed by atoms with Gasteiger partial charge in [0.2, 0.25) is 10.0 Å². The summed E-state index contributed by atoms with van der Waals surface area (Å²) in [6, 6.07) is 6.45. The van der Waals surface area contributed by atoms with Crippen LogP contribution in [0, 0.1) is 0 Å². The molecule has 0 bridgehead atoms. The van der Waals surface area contributed by atoms with Crippen LogP contribution in [0.15, 0.2) is 24.3 Å². The third kappa shape index (κ3) is 7.22. The molecule has 0 unspecified atom stereocenters. The summed E-state index contributed by atoms with van der Waals surface area (Å²) >= 11 is 0. The highest BCUT2D eigenvalue weighted by atomic mass is 32.2. The first-order valence-corrected chi connectivity index (χ1v) is 8.36. The summed E-state index contributed by atoms with van der Waals surface area (Å²) < 4.78 is 31.1. The Labute approximate surface area is 125 Å². The SMILES string of the molecule is CC(C)OCCS(=O)(=O)NCCc1cccc(C(=O)O)c1. The van der Waals surface area contributed by atoms with E-state index < -0.39 is 16.0 Å². The molecule has 0 aliphatic carbocycles. The summed E-state index contributed by atoms with van der Waals surface area (Å²) in [4.78, 5) is 10.8. The number of carboxylic acid groups (broad SMARTS) is 1.